The minimum atomic E-state index is -4.62. The normalized spacial score (nSPS) is 13.9. The Balaban J connectivity index is 1.92. The molecule has 6 nitrogen and oxygen atoms in total. The lowest BCUT2D eigenvalue weighted by Crippen LogP contribution is -2.45. The van der Waals surface area contributed by atoms with E-state index in [1.807, 2.05) is 0 Å². The van der Waals surface area contributed by atoms with Crippen molar-refractivity contribution in [1.29, 1.82) is 0 Å². The Hall–Kier alpha value is -3.82. The zero-order valence-corrected chi connectivity index (χ0v) is 16.0. The number of nitrogens with zero attached hydrogens (tertiary/aromatic N) is 2. The molecule has 1 aliphatic rings. The highest BCUT2D eigenvalue weighted by Crippen LogP contribution is 2.42. The number of ether oxygens (including phenoxy) is 1. The number of hydrogen-bond acceptors (Lipinski definition) is 4. The van der Waals surface area contributed by atoms with E-state index >= 15 is 0 Å². The summed E-state index contributed by atoms with van der Waals surface area (Å²) in [5.74, 6) is -1.05. The van der Waals surface area contributed by atoms with E-state index in [2.05, 4.69) is 4.98 Å². The van der Waals surface area contributed by atoms with E-state index < -0.39 is 23.5 Å². The molecule has 1 aliphatic heterocycles. The minimum absolute atomic E-state index is 0.00501. The molecule has 0 aliphatic carbocycles. The number of carbonyl (C=O) groups excluding carboxylic acids is 1. The molecule has 0 atom stereocenters. The zero-order valence-electron chi connectivity index (χ0n) is 16.0. The van der Waals surface area contributed by atoms with Crippen LogP contribution in [0.5, 0.6) is 5.75 Å². The molecule has 10 heteroatoms. The molecule has 1 aromatic heterocycles. The number of benzene rings is 2. The fraction of sp³-hybridized carbons (Fsp3) is 0.143. The number of aromatic amines is 1. The SMILES string of the molecule is COc1cc(F)ccc1N1CN(c2ccc(=O)[nH]c2)C(=O)c2ccc(C(F)(F)F)cc21. The van der Waals surface area contributed by atoms with Gasteiger partial charge in [-0.1, -0.05) is 0 Å². The molecule has 0 unspecified atom stereocenters. The maximum atomic E-state index is 13.7. The Labute approximate surface area is 173 Å². The number of alkyl halides is 3. The fourth-order valence-corrected chi connectivity index (χ4v) is 3.39. The third-order valence-electron chi connectivity index (χ3n) is 4.89. The van der Waals surface area contributed by atoms with Crippen molar-refractivity contribution in [2.75, 3.05) is 23.6 Å². The average molecular weight is 433 g/mol. The van der Waals surface area contributed by atoms with Crippen LogP contribution in [0.1, 0.15) is 15.9 Å². The molecule has 0 fully saturated rings. The Morgan fingerprint density at radius 2 is 1.74 bits per heavy atom. The standard InChI is InChI=1S/C21H15F4N3O3/c1-31-18-9-13(22)3-6-16(18)28-11-27(14-4-7-19(29)26-10-14)20(30)15-5-2-12(8-17(15)28)21(23,24)25/h2-10H,11H2,1H3,(H,26,29). The topological polar surface area (TPSA) is 65.6 Å². The first-order valence-corrected chi connectivity index (χ1v) is 9.02. The van der Waals surface area contributed by atoms with Gasteiger partial charge in [0.1, 0.15) is 18.2 Å². The molecule has 1 N–H and O–H groups in total. The van der Waals surface area contributed by atoms with Crippen molar-refractivity contribution in [1.82, 2.24) is 4.98 Å². The summed E-state index contributed by atoms with van der Waals surface area (Å²) in [5.41, 5.74) is -0.682. The molecular formula is C21H15F4N3O3. The Bertz CT molecular complexity index is 1200. The first kappa shape index (κ1) is 20.5. The zero-order chi connectivity index (χ0) is 22.3. The smallest absolute Gasteiger partial charge is 0.416 e. The van der Waals surface area contributed by atoms with E-state index in [1.165, 1.54) is 41.3 Å². The molecule has 0 bridgehead atoms. The van der Waals surface area contributed by atoms with Crippen molar-refractivity contribution in [3.63, 3.8) is 0 Å². The first-order valence-electron chi connectivity index (χ1n) is 9.02. The van der Waals surface area contributed by atoms with Crippen molar-refractivity contribution >= 4 is 23.0 Å². The molecule has 2 aromatic carbocycles. The van der Waals surface area contributed by atoms with Crippen LogP contribution < -0.4 is 20.1 Å². The predicted octanol–water partition coefficient (Wildman–Crippen LogP) is 4.30. The van der Waals surface area contributed by atoms with Crippen LogP contribution >= 0.6 is 0 Å². The van der Waals surface area contributed by atoms with E-state index in [0.29, 0.717) is 5.69 Å². The van der Waals surface area contributed by atoms with Crippen LogP contribution in [0.2, 0.25) is 0 Å². The number of H-pyrrole nitrogens is 1. The predicted molar refractivity (Wildman–Crippen MR) is 105 cm³/mol. The quantitative estimate of drug-likeness (QED) is 0.626. The average Bonchev–Trinajstić information content (AvgIpc) is 2.74. The number of carbonyl (C=O) groups is 1. The van der Waals surface area contributed by atoms with Crippen molar-refractivity contribution in [3.8, 4) is 5.75 Å². The van der Waals surface area contributed by atoms with Crippen molar-refractivity contribution in [2.45, 2.75) is 6.18 Å². The van der Waals surface area contributed by atoms with Crippen LogP contribution in [0, 0.1) is 5.82 Å². The third-order valence-corrected chi connectivity index (χ3v) is 4.89. The molecule has 31 heavy (non-hydrogen) atoms. The third kappa shape index (κ3) is 3.72. The van der Waals surface area contributed by atoms with Gasteiger partial charge in [0.25, 0.3) is 5.91 Å². The van der Waals surface area contributed by atoms with Gasteiger partial charge >= 0.3 is 6.18 Å². The monoisotopic (exact) mass is 433 g/mol. The number of fused-ring (bicyclic) bond motifs is 1. The highest BCUT2D eigenvalue weighted by Gasteiger charge is 2.37. The van der Waals surface area contributed by atoms with E-state index in [0.717, 1.165) is 30.3 Å². The Morgan fingerprint density at radius 1 is 0.968 bits per heavy atom. The van der Waals surface area contributed by atoms with Gasteiger partial charge in [0.15, 0.2) is 0 Å². The number of amides is 1. The molecule has 0 saturated heterocycles. The van der Waals surface area contributed by atoms with E-state index in [-0.39, 0.29) is 34.9 Å². The molecule has 160 valence electrons. The summed E-state index contributed by atoms with van der Waals surface area (Å²) in [6.45, 7) is -0.193. The summed E-state index contributed by atoms with van der Waals surface area (Å²) in [6.07, 6.45) is -3.29. The van der Waals surface area contributed by atoms with Crippen molar-refractivity contribution in [2.24, 2.45) is 0 Å². The van der Waals surface area contributed by atoms with Gasteiger partial charge in [0.05, 0.1) is 35.3 Å². The van der Waals surface area contributed by atoms with Gasteiger partial charge < -0.3 is 14.6 Å². The number of methoxy groups -OCH3 is 1. The number of rotatable bonds is 3. The molecule has 0 saturated carbocycles. The van der Waals surface area contributed by atoms with Crippen molar-refractivity contribution < 1.29 is 27.1 Å². The lowest BCUT2D eigenvalue weighted by molar-refractivity contribution is -0.137. The van der Waals surface area contributed by atoms with Gasteiger partial charge in [0, 0.05) is 18.3 Å². The van der Waals surface area contributed by atoms with Crippen LogP contribution in [0.25, 0.3) is 0 Å². The van der Waals surface area contributed by atoms with E-state index in [9.17, 15) is 27.2 Å². The highest BCUT2D eigenvalue weighted by molar-refractivity contribution is 6.12. The van der Waals surface area contributed by atoms with E-state index in [1.54, 1.807) is 0 Å². The van der Waals surface area contributed by atoms with Crippen LogP contribution in [0.4, 0.5) is 34.6 Å². The molecule has 4 rings (SSSR count). The van der Waals surface area contributed by atoms with E-state index in [4.69, 9.17) is 4.74 Å². The van der Waals surface area contributed by atoms with Crippen LogP contribution in [-0.4, -0.2) is 24.7 Å². The van der Waals surface area contributed by atoms with Gasteiger partial charge in [-0.3, -0.25) is 14.5 Å². The molecule has 1 amide bonds. The molecule has 0 radical (unpaired) electrons. The molecule has 0 spiro atoms. The summed E-state index contributed by atoms with van der Waals surface area (Å²) < 4.78 is 59.0. The second kappa shape index (κ2) is 7.46. The first-order chi connectivity index (χ1) is 14.7. The van der Waals surface area contributed by atoms with Crippen LogP contribution in [0.15, 0.2) is 59.5 Å². The highest BCUT2D eigenvalue weighted by atomic mass is 19.4. The molecule has 2 heterocycles. The summed E-state index contributed by atoms with van der Waals surface area (Å²) in [5, 5.41) is 0. The maximum Gasteiger partial charge on any atom is 0.416 e. The minimum Gasteiger partial charge on any atom is -0.494 e. The number of hydrogen-bond donors (Lipinski definition) is 1. The molecule has 3 aromatic rings. The summed E-state index contributed by atoms with van der Waals surface area (Å²) >= 11 is 0. The number of halogens is 4. The Kier molecular flexibility index (Phi) is 4.92. The number of pyridine rings is 1. The van der Waals surface area contributed by atoms with Gasteiger partial charge in [0.2, 0.25) is 5.56 Å². The lowest BCUT2D eigenvalue weighted by Gasteiger charge is -2.38. The van der Waals surface area contributed by atoms with Crippen LogP contribution in [0.3, 0.4) is 0 Å². The molecular weight excluding hydrogens is 418 g/mol. The number of aromatic nitrogens is 1. The largest absolute Gasteiger partial charge is 0.494 e. The van der Waals surface area contributed by atoms with Gasteiger partial charge in [-0.2, -0.15) is 13.2 Å². The van der Waals surface area contributed by atoms with Crippen molar-refractivity contribution in [3.05, 3.63) is 82.0 Å². The number of nitrogens with one attached hydrogen (secondary N) is 1. The Morgan fingerprint density at radius 3 is 2.39 bits per heavy atom. The maximum absolute atomic E-state index is 13.7. The van der Waals surface area contributed by atoms with Gasteiger partial charge in [-0.05, 0) is 36.4 Å². The second-order valence-corrected chi connectivity index (χ2v) is 6.76. The lowest BCUT2D eigenvalue weighted by atomic mass is 10.0. The summed E-state index contributed by atoms with van der Waals surface area (Å²) in [4.78, 5) is 29.6. The van der Waals surface area contributed by atoms with Crippen LogP contribution in [-0.2, 0) is 6.18 Å². The van der Waals surface area contributed by atoms with Gasteiger partial charge in [-0.15, -0.1) is 0 Å². The second-order valence-electron chi connectivity index (χ2n) is 6.76. The fourth-order valence-electron chi connectivity index (χ4n) is 3.39. The summed E-state index contributed by atoms with van der Waals surface area (Å²) in [6, 6.07) is 9.06. The van der Waals surface area contributed by atoms with Gasteiger partial charge in [-0.25, -0.2) is 4.39 Å². The summed E-state index contributed by atoms with van der Waals surface area (Å²) in [7, 11) is 1.31. The number of anilines is 3.